The molecule has 1 aromatic rings. The van der Waals surface area contributed by atoms with Gasteiger partial charge in [-0.25, -0.2) is 4.79 Å². The van der Waals surface area contributed by atoms with Gasteiger partial charge >= 0.3 is 5.97 Å². The van der Waals surface area contributed by atoms with E-state index >= 15 is 0 Å². The molecule has 1 aromatic carbocycles. The van der Waals surface area contributed by atoms with Crippen molar-refractivity contribution in [2.75, 3.05) is 26.7 Å². The first-order chi connectivity index (χ1) is 13.6. The molecule has 0 radical (unpaired) electrons. The van der Waals surface area contributed by atoms with Gasteiger partial charge in [-0.3, -0.25) is 9.69 Å². The zero-order chi connectivity index (χ0) is 19.7. The summed E-state index contributed by atoms with van der Waals surface area (Å²) in [4.78, 5) is 29.8. The van der Waals surface area contributed by atoms with Crippen LogP contribution in [0.2, 0.25) is 0 Å². The second-order valence-corrected chi connectivity index (χ2v) is 8.78. The van der Waals surface area contributed by atoms with Gasteiger partial charge in [-0.15, -0.1) is 0 Å². The van der Waals surface area contributed by atoms with E-state index in [0.29, 0.717) is 29.0 Å². The number of methoxy groups -OCH3 is 1. The standard InChI is InChI=1S/C23H32N2O3/c1-3-6-20-9-5-10-21-19-11-16(14-25(20)21)13-24(15-19)22(26)17-7-4-8-18(12-17)23(27)28-2/h4,7-8,12,16,19-21H,3,5-6,9-11,13-15H2,1-2H3/t16-,19+,20-,21-/m0/s1. The zero-order valence-corrected chi connectivity index (χ0v) is 17.1. The summed E-state index contributed by atoms with van der Waals surface area (Å²) in [7, 11) is 1.37. The Morgan fingerprint density at radius 3 is 2.75 bits per heavy atom. The van der Waals surface area contributed by atoms with Crippen LogP contribution in [-0.4, -0.2) is 60.5 Å². The quantitative estimate of drug-likeness (QED) is 0.745. The van der Waals surface area contributed by atoms with Gasteiger partial charge in [-0.1, -0.05) is 25.8 Å². The predicted molar refractivity (Wildman–Crippen MR) is 108 cm³/mol. The molecule has 4 atom stereocenters. The number of ether oxygens (including phenoxy) is 1. The van der Waals surface area contributed by atoms with Crippen molar-refractivity contribution in [1.82, 2.24) is 9.80 Å². The minimum absolute atomic E-state index is 0.0508. The van der Waals surface area contributed by atoms with E-state index in [4.69, 9.17) is 4.74 Å². The molecule has 0 saturated carbocycles. The first-order valence-corrected chi connectivity index (χ1v) is 10.8. The van der Waals surface area contributed by atoms with Gasteiger partial charge < -0.3 is 9.64 Å². The highest BCUT2D eigenvalue weighted by molar-refractivity contribution is 5.98. The summed E-state index contributed by atoms with van der Waals surface area (Å²) in [6, 6.07) is 8.32. The molecule has 0 unspecified atom stereocenters. The monoisotopic (exact) mass is 384 g/mol. The highest BCUT2D eigenvalue weighted by atomic mass is 16.5. The summed E-state index contributed by atoms with van der Waals surface area (Å²) in [5.41, 5.74) is 1.03. The molecule has 2 bridgehead atoms. The summed E-state index contributed by atoms with van der Waals surface area (Å²) < 4.78 is 4.80. The number of likely N-dealkylation sites (tertiary alicyclic amines) is 1. The highest BCUT2D eigenvalue weighted by Crippen LogP contribution is 2.40. The fourth-order valence-electron chi connectivity index (χ4n) is 5.80. The summed E-state index contributed by atoms with van der Waals surface area (Å²) in [6.07, 6.45) is 7.75. The van der Waals surface area contributed by atoms with Crippen molar-refractivity contribution < 1.29 is 14.3 Å². The lowest BCUT2D eigenvalue weighted by Gasteiger charge is -2.55. The summed E-state index contributed by atoms with van der Waals surface area (Å²) in [6.45, 7) is 5.10. The molecule has 0 spiro atoms. The molecule has 0 aliphatic carbocycles. The number of hydrogen-bond acceptors (Lipinski definition) is 4. The van der Waals surface area contributed by atoms with E-state index < -0.39 is 5.97 Å². The Kier molecular flexibility index (Phi) is 5.72. The molecular formula is C23H32N2O3. The van der Waals surface area contributed by atoms with Crippen LogP contribution in [0.4, 0.5) is 0 Å². The second-order valence-electron chi connectivity index (χ2n) is 8.78. The van der Waals surface area contributed by atoms with Gasteiger partial charge in [0.2, 0.25) is 0 Å². The smallest absolute Gasteiger partial charge is 0.337 e. The van der Waals surface area contributed by atoms with Crippen molar-refractivity contribution in [2.24, 2.45) is 11.8 Å². The predicted octanol–water partition coefficient (Wildman–Crippen LogP) is 3.59. The number of esters is 1. The third kappa shape index (κ3) is 3.69. The molecule has 5 nitrogen and oxygen atoms in total. The fourth-order valence-corrected chi connectivity index (χ4v) is 5.80. The van der Waals surface area contributed by atoms with Gasteiger partial charge in [0.05, 0.1) is 12.7 Å². The highest BCUT2D eigenvalue weighted by Gasteiger charge is 2.45. The van der Waals surface area contributed by atoms with Crippen LogP contribution in [-0.2, 0) is 4.74 Å². The van der Waals surface area contributed by atoms with Crippen LogP contribution in [0.25, 0.3) is 0 Å². The first kappa shape index (κ1) is 19.4. The van der Waals surface area contributed by atoms with Crippen molar-refractivity contribution >= 4 is 11.9 Å². The number of hydrogen-bond donors (Lipinski definition) is 0. The van der Waals surface area contributed by atoms with Crippen molar-refractivity contribution in [3.05, 3.63) is 35.4 Å². The van der Waals surface area contributed by atoms with E-state index in [2.05, 4.69) is 11.8 Å². The van der Waals surface area contributed by atoms with Crippen LogP contribution >= 0.6 is 0 Å². The SMILES string of the molecule is CCC[C@H]1CCC[C@H]2[C@@H]3C[C@@H](CN(C(=O)c4cccc(C(=O)OC)c4)C3)CN12. The van der Waals surface area contributed by atoms with Gasteiger partial charge in [0.1, 0.15) is 0 Å². The maximum Gasteiger partial charge on any atom is 0.337 e. The van der Waals surface area contributed by atoms with E-state index in [-0.39, 0.29) is 5.91 Å². The fraction of sp³-hybridized carbons (Fsp3) is 0.652. The third-order valence-electron chi connectivity index (χ3n) is 6.95. The summed E-state index contributed by atoms with van der Waals surface area (Å²) in [5.74, 6) is 0.805. The molecule has 152 valence electrons. The molecule has 1 amide bonds. The first-order valence-electron chi connectivity index (χ1n) is 10.8. The number of benzene rings is 1. The number of amides is 1. The van der Waals surface area contributed by atoms with Crippen LogP contribution in [0.3, 0.4) is 0 Å². The molecule has 3 aliphatic rings. The van der Waals surface area contributed by atoms with Gasteiger partial charge in [-0.2, -0.15) is 0 Å². The van der Waals surface area contributed by atoms with Gasteiger partial charge in [0.15, 0.2) is 0 Å². The average Bonchev–Trinajstić information content (AvgIpc) is 2.73. The number of carbonyl (C=O) groups excluding carboxylic acids is 2. The molecule has 4 rings (SSSR count). The number of nitrogens with zero attached hydrogens (tertiary/aromatic N) is 2. The van der Waals surface area contributed by atoms with Crippen LogP contribution < -0.4 is 0 Å². The lowest BCUT2D eigenvalue weighted by Crippen LogP contribution is -2.62. The number of rotatable bonds is 4. The molecule has 3 saturated heterocycles. The maximum atomic E-state index is 13.2. The Labute approximate surface area is 168 Å². The maximum absolute atomic E-state index is 13.2. The van der Waals surface area contributed by atoms with E-state index in [0.717, 1.165) is 25.7 Å². The Bertz CT molecular complexity index is 732. The van der Waals surface area contributed by atoms with Crippen molar-refractivity contribution in [2.45, 2.75) is 57.5 Å². The largest absolute Gasteiger partial charge is 0.465 e. The van der Waals surface area contributed by atoms with Gasteiger partial charge in [-0.05, 0) is 55.7 Å². The van der Waals surface area contributed by atoms with E-state index in [9.17, 15) is 9.59 Å². The lowest BCUT2D eigenvalue weighted by molar-refractivity contribution is -0.0519. The van der Waals surface area contributed by atoms with Crippen LogP contribution in [0.15, 0.2) is 24.3 Å². The van der Waals surface area contributed by atoms with E-state index in [1.807, 2.05) is 11.0 Å². The zero-order valence-electron chi connectivity index (χ0n) is 17.1. The molecule has 0 N–H and O–H groups in total. The van der Waals surface area contributed by atoms with E-state index in [1.165, 1.54) is 45.6 Å². The number of carbonyl (C=O) groups is 2. The second kappa shape index (κ2) is 8.24. The molecule has 0 aromatic heterocycles. The Hall–Kier alpha value is -1.88. The van der Waals surface area contributed by atoms with Crippen LogP contribution in [0, 0.1) is 11.8 Å². The summed E-state index contributed by atoms with van der Waals surface area (Å²) in [5, 5.41) is 0. The Morgan fingerprint density at radius 2 is 1.96 bits per heavy atom. The molecule has 28 heavy (non-hydrogen) atoms. The van der Waals surface area contributed by atoms with Crippen LogP contribution in [0.1, 0.15) is 66.2 Å². The number of piperidine rings is 3. The summed E-state index contributed by atoms with van der Waals surface area (Å²) >= 11 is 0. The van der Waals surface area contributed by atoms with E-state index in [1.54, 1.807) is 18.2 Å². The number of fused-ring (bicyclic) bond motifs is 4. The van der Waals surface area contributed by atoms with Gasteiger partial charge in [0, 0.05) is 37.3 Å². The van der Waals surface area contributed by atoms with Crippen molar-refractivity contribution in [1.29, 1.82) is 0 Å². The van der Waals surface area contributed by atoms with Crippen molar-refractivity contribution in [3.63, 3.8) is 0 Å². The Morgan fingerprint density at radius 1 is 1.14 bits per heavy atom. The average molecular weight is 385 g/mol. The molecule has 5 heteroatoms. The van der Waals surface area contributed by atoms with Gasteiger partial charge in [0.25, 0.3) is 5.91 Å². The topological polar surface area (TPSA) is 49.9 Å². The molecule has 3 fully saturated rings. The minimum Gasteiger partial charge on any atom is -0.465 e. The van der Waals surface area contributed by atoms with Crippen LogP contribution in [0.5, 0.6) is 0 Å². The normalized spacial score (nSPS) is 29.9. The molecular weight excluding hydrogens is 352 g/mol. The molecule has 3 aliphatic heterocycles. The Balaban J connectivity index is 1.49. The van der Waals surface area contributed by atoms with Crippen molar-refractivity contribution in [3.8, 4) is 0 Å². The lowest BCUT2D eigenvalue weighted by atomic mass is 9.74. The molecule has 3 heterocycles. The minimum atomic E-state index is -0.398. The third-order valence-corrected chi connectivity index (χ3v) is 6.95.